The zero-order valence-electron chi connectivity index (χ0n) is 22.5. The van der Waals surface area contributed by atoms with Crippen molar-refractivity contribution in [2.45, 2.75) is 18.7 Å². The van der Waals surface area contributed by atoms with Crippen LogP contribution in [0.4, 0.5) is 27.1 Å². The van der Waals surface area contributed by atoms with Crippen LogP contribution in [0.1, 0.15) is 21.5 Å². The first kappa shape index (κ1) is 31.2. The number of para-hydroxylation sites is 1. The Morgan fingerprint density at radius 1 is 1.12 bits per heavy atom. The van der Waals surface area contributed by atoms with Crippen LogP contribution in [0.5, 0.6) is 5.88 Å². The third-order valence-corrected chi connectivity index (χ3v) is 6.64. The average molecular weight is 600 g/mol. The number of aliphatic imine (C=N–C) groups is 3. The molecule has 0 aliphatic heterocycles. The van der Waals surface area contributed by atoms with Crippen LogP contribution in [0.3, 0.4) is 0 Å². The van der Waals surface area contributed by atoms with Gasteiger partial charge >= 0.3 is 0 Å². The first-order valence-corrected chi connectivity index (χ1v) is 13.2. The predicted molar refractivity (Wildman–Crippen MR) is 156 cm³/mol. The summed E-state index contributed by atoms with van der Waals surface area (Å²) in [5.41, 5.74) is 5.29. The number of anilines is 2. The van der Waals surface area contributed by atoms with Gasteiger partial charge in [0.2, 0.25) is 17.8 Å². The second-order valence-electron chi connectivity index (χ2n) is 8.52. The minimum absolute atomic E-state index is 0.0398. The van der Waals surface area contributed by atoms with Crippen LogP contribution >= 0.6 is 0 Å². The number of hydrogen-bond donors (Lipinski definition) is 5. The van der Waals surface area contributed by atoms with Crippen molar-refractivity contribution >= 4 is 57.4 Å². The maximum absolute atomic E-state index is 13.2. The molecule has 0 radical (unpaired) electrons. The van der Waals surface area contributed by atoms with Crippen LogP contribution in [0.15, 0.2) is 77.4 Å². The molecule has 17 heteroatoms. The van der Waals surface area contributed by atoms with Gasteiger partial charge in [-0.2, -0.15) is 18.5 Å². The Labute approximate surface area is 238 Å². The molecule has 1 heterocycles. The van der Waals surface area contributed by atoms with Crippen molar-refractivity contribution in [2.24, 2.45) is 38.0 Å². The number of hydrogen-bond acceptors (Lipinski definition) is 8. The average Bonchev–Trinajstić information content (AvgIpc) is 2.92. The van der Waals surface area contributed by atoms with E-state index in [0.717, 1.165) is 10.6 Å². The van der Waals surface area contributed by atoms with Gasteiger partial charge in [0.15, 0.2) is 12.5 Å². The van der Waals surface area contributed by atoms with Gasteiger partial charge < -0.3 is 21.5 Å². The van der Waals surface area contributed by atoms with Gasteiger partial charge in [0, 0.05) is 18.3 Å². The summed E-state index contributed by atoms with van der Waals surface area (Å²) in [4.78, 5) is 35.4. The fourth-order valence-corrected chi connectivity index (χ4v) is 4.24. The molecule has 0 saturated heterocycles. The summed E-state index contributed by atoms with van der Waals surface area (Å²) in [6.45, 7) is 5.28. The smallest absolute Gasteiger partial charge is 0.296 e. The van der Waals surface area contributed by atoms with Gasteiger partial charge in [0.25, 0.3) is 21.6 Å². The summed E-state index contributed by atoms with van der Waals surface area (Å²) >= 11 is 0. The number of primary amides is 1. The second-order valence-corrected chi connectivity index (χ2v) is 9.91. The number of alkyl halides is 1. The van der Waals surface area contributed by atoms with Gasteiger partial charge in [-0.3, -0.25) is 18.7 Å². The van der Waals surface area contributed by atoms with Crippen molar-refractivity contribution in [2.75, 3.05) is 17.4 Å². The van der Waals surface area contributed by atoms with Crippen molar-refractivity contribution in [3.8, 4) is 5.88 Å². The number of aromatic hydroxyl groups is 1. The lowest BCUT2D eigenvalue weighted by molar-refractivity contribution is 0.0995. The number of nitrogens with two attached hydrogens (primary N) is 1. The number of amides is 1. The summed E-state index contributed by atoms with van der Waals surface area (Å²) in [7, 11) is -3.34. The van der Waals surface area contributed by atoms with Crippen molar-refractivity contribution in [3.05, 3.63) is 69.5 Å². The first-order valence-electron chi connectivity index (χ1n) is 11.8. The molecule has 15 nitrogen and oxygen atoms in total. The number of aryl methyl sites for hydroxylation is 1. The number of guanidine groups is 2. The SMILES string of the molecule is C=NC(=NC(=NCF)Nc1ccc(C)c(N=Nc2c(C)c(C(N)=O)c(O)n(C)c2=O)c1)Nc1ccccc1S(=O)(=O)O. The van der Waals surface area contributed by atoms with Crippen molar-refractivity contribution in [1.29, 1.82) is 0 Å². The quantitative estimate of drug-likeness (QED) is 0.0887. The van der Waals surface area contributed by atoms with Crippen molar-refractivity contribution in [3.63, 3.8) is 0 Å². The molecule has 220 valence electrons. The van der Waals surface area contributed by atoms with Gasteiger partial charge in [0.05, 0.1) is 11.4 Å². The molecule has 0 spiro atoms. The predicted octanol–water partition coefficient (Wildman–Crippen LogP) is 3.33. The molecule has 0 aliphatic carbocycles. The Kier molecular flexibility index (Phi) is 9.61. The number of nitrogens with one attached hydrogen (secondary N) is 2. The lowest BCUT2D eigenvalue weighted by atomic mass is 10.1. The number of carbonyl (C=O) groups is 1. The summed E-state index contributed by atoms with van der Waals surface area (Å²) in [5, 5.41) is 23.6. The molecule has 3 rings (SSSR count). The highest BCUT2D eigenvalue weighted by molar-refractivity contribution is 7.86. The molecule has 0 bridgehead atoms. The van der Waals surface area contributed by atoms with Crippen LogP contribution in [0, 0.1) is 13.8 Å². The number of pyridine rings is 1. The summed E-state index contributed by atoms with van der Waals surface area (Å²) in [5.74, 6) is -2.13. The van der Waals surface area contributed by atoms with Crippen molar-refractivity contribution in [1.82, 2.24) is 4.57 Å². The molecular weight excluding hydrogens is 573 g/mol. The number of rotatable bonds is 7. The number of nitrogens with zero attached hydrogens (tertiary/aromatic N) is 6. The Balaban J connectivity index is 1.96. The normalized spacial score (nSPS) is 12.4. The van der Waals surface area contributed by atoms with E-state index in [2.05, 4.69) is 42.6 Å². The van der Waals surface area contributed by atoms with E-state index < -0.39 is 39.2 Å². The van der Waals surface area contributed by atoms with Crippen molar-refractivity contribution < 1.29 is 27.3 Å². The molecule has 42 heavy (non-hydrogen) atoms. The zero-order chi connectivity index (χ0) is 31.2. The Bertz CT molecular complexity index is 1820. The Morgan fingerprint density at radius 2 is 1.81 bits per heavy atom. The Hall–Kier alpha value is -5.29. The van der Waals surface area contributed by atoms with E-state index in [-0.39, 0.29) is 40.1 Å². The third-order valence-electron chi connectivity index (χ3n) is 5.73. The van der Waals surface area contributed by atoms with Crippen LogP contribution in [-0.4, -0.2) is 54.0 Å². The molecular formula is C25H26FN9O6S. The second kappa shape index (κ2) is 12.9. The maximum Gasteiger partial charge on any atom is 0.296 e. The fraction of sp³-hybridized carbons (Fsp3) is 0.160. The highest BCUT2D eigenvalue weighted by Crippen LogP contribution is 2.29. The van der Waals surface area contributed by atoms with E-state index in [9.17, 15) is 32.1 Å². The maximum atomic E-state index is 13.2. The molecule has 2 aromatic carbocycles. The molecule has 0 aliphatic rings. The minimum Gasteiger partial charge on any atom is -0.494 e. The van der Waals surface area contributed by atoms with Crippen LogP contribution < -0.4 is 21.9 Å². The molecule has 1 amide bonds. The first-order chi connectivity index (χ1) is 19.8. The van der Waals surface area contributed by atoms with Crippen LogP contribution in [0.25, 0.3) is 0 Å². The number of aromatic nitrogens is 1. The largest absolute Gasteiger partial charge is 0.494 e. The summed E-state index contributed by atoms with van der Waals surface area (Å²) in [6, 6.07) is 10.1. The van der Waals surface area contributed by atoms with E-state index >= 15 is 0 Å². The van der Waals surface area contributed by atoms with Gasteiger partial charge in [-0.25, -0.2) is 14.4 Å². The summed E-state index contributed by atoms with van der Waals surface area (Å²) < 4.78 is 46.9. The van der Waals surface area contributed by atoms with E-state index in [1.165, 1.54) is 38.2 Å². The van der Waals surface area contributed by atoms with Gasteiger partial charge in [-0.1, -0.05) is 18.2 Å². The summed E-state index contributed by atoms with van der Waals surface area (Å²) in [6.07, 6.45) is 0. The standard InChI is InChI=1S/C25H26FN9O6S/c1-13-9-10-15(11-17(13)33-34-20-14(2)19(21(27)36)22(37)35(4)23(20)38)30-25(29-12-26)32-24(28-3)31-16-7-5-6-8-18(16)42(39,40)41/h5-11,37H,3,12H2,1-2,4H3,(H2,27,36)(H,39,40,41)(H2,29,30,31,32). The lowest BCUT2D eigenvalue weighted by Gasteiger charge is -2.12. The Morgan fingerprint density at radius 3 is 2.43 bits per heavy atom. The monoisotopic (exact) mass is 599 g/mol. The number of azo groups is 1. The van der Waals surface area contributed by atoms with Gasteiger partial charge in [0.1, 0.15) is 10.5 Å². The molecule has 0 saturated carbocycles. The van der Waals surface area contributed by atoms with Gasteiger partial charge in [-0.05, 0) is 50.4 Å². The molecule has 0 unspecified atom stereocenters. The van der Waals surface area contributed by atoms with Crippen LogP contribution in [-0.2, 0) is 17.2 Å². The minimum atomic E-state index is -4.59. The third kappa shape index (κ3) is 7.07. The van der Waals surface area contributed by atoms with Gasteiger partial charge in [-0.15, -0.1) is 5.11 Å². The fourth-order valence-electron chi connectivity index (χ4n) is 3.59. The molecule has 0 atom stereocenters. The zero-order valence-corrected chi connectivity index (χ0v) is 23.3. The topological polar surface area (TPSA) is 226 Å². The van der Waals surface area contributed by atoms with E-state index in [4.69, 9.17) is 5.73 Å². The number of carbonyl (C=O) groups excluding carboxylic acids is 1. The lowest BCUT2D eigenvalue weighted by Crippen LogP contribution is -2.23. The highest BCUT2D eigenvalue weighted by atomic mass is 32.2. The van der Waals surface area contributed by atoms with E-state index in [1.807, 2.05) is 0 Å². The number of benzene rings is 2. The molecule has 1 aromatic heterocycles. The number of halogens is 1. The molecule has 6 N–H and O–H groups in total. The highest BCUT2D eigenvalue weighted by Gasteiger charge is 2.21. The molecule has 3 aromatic rings. The van der Waals surface area contributed by atoms with E-state index in [0.29, 0.717) is 11.3 Å². The van der Waals surface area contributed by atoms with Crippen LogP contribution in [0.2, 0.25) is 0 Å². The van der Waals surface area contributed by atoms with E-state index in [1.54, 1.807) is 19.1 Å². The molecule has 0 fully saturated rings.